The molecule has 19 heavy (non-hydrogen) atoms. The number of thiazole rings is 1. The van der Waals surface area contributed by atoms with E-state index in [1.807, 2.05) is 6.92 Å². The first-order valence-electron chi connectivity index (χ1n) is 6.70. The molecule has 0 amide bonds. The van der Waals surface area contributed by atoms with Crippen LogP contribution >= 0.6 is 11.3 Å². The number of aryl methyl sites for hydroxylation is 1. The van der Waals surface area contributed by atoms with Crippen LogP contribution in [0, 0.1) is 12.8 Å². The fraction of sp³-hybridized carbons (Fsp3) is 0.400. The molecule has 3 rings (SSSR count). The predicted octanol–water partition coefficient (Wildman–Crippen LogP) is 2.63. The van der Waals surface area contributed by atoms with Crippen molar-refractivity contribution >= 4 is 11.3 Å². The summed E-state index contributed by atoms with van der Waals surface area (Å²) < 4.78 is 0. The van der Waals surface area contributed by atoms with Crippen LogP contribution in [0.15, 0.2) is 35.7 Å². The second-order valence-corrected chi connectivity index (χ2v) is 6.31. The van der Waals surface area contributed by atoms with E-state index in [2.05, 4.69) is 46.1 Å². The second-order valence-electron chi connectivity index (χ2n) is 5.25. The lowest BCUT2D eigenvalue weighted by Gasteiger charge is -2.14. The molecule has 3 N–H and O–H groups in total. The lowest BCUT2D eigenvalue weighted by molar-refractivity contribution is 0.461. The van der Waals surface area contributed by atoms with Gasteiger partial charge in [0.15, 0.2) is 0 Å². The van der Waals surface area contributed by atoms with Crippen LogP contribution in [0.5, 0.6) is 0 Å². The predicted molar refractivity (Wildman–Crippen MR) is 79.0 cm³/mol. The summed E-state index contributed by atoms with van der Waals surface area (Å²) in [5.74, 6) is 7.02. The van der Waals surface area contributed by atoms with Crippen molar-refractivity contribution in [1.82, 2.24) is 10.4 Å². The number of nitrogens with two attached hydrogens (primary N) is 1. The van der Waals surface area contributed by atoms with Crippen molar-refractivity contribution in [3.05, 3.63) is 52.0 Å². The molecule has 0 bridgehead atoms. The molecule has 3 unspecified atom stereocenters. The van der Waals surface area contributed by atoms with Gasteiger partial charge in [-0.15, -0.1) is 11.3 Å². The number of benzene rings is 1. The molecule has 1 aromatic heterocycles. The van der Waals surface area contributed by atoms with Gasteiger partial charge in [0.2, 0.25) is 0 Å². The molecule has 1 aromatic carbocycles. The van der Waals surface area contributed by atoms with E-state index in [9.17, 15) is 0 Å². The molecular weight excluding hydrogens is 254 g/mol. The molecule has 1 saturated carbocycles. The Bertz CT molecular complexity index is 537. The Morgan fingerprint density at radius 3 is 2.84 bits per heavy atom. The van der Waals surface area contributed by atoms with Crippen molar-refractivity contribution in [2.45, 2.75) is 31.7 Å². The standard InChI is InChI=1S/C15H19N3S/c1-10-17-12(9-19-10)7-15(18-16)14-8-13(14)11-5-3-2-4-6-11/h2-6,9,13-15,18H,7-8,16H2,1H3. The van der Waals surface area contributed by atoms with E-state index in [0.717, 1.165) is 17.1 Å². The first kappa shape index (κ1) is 12.8. The van der Waals surface area contributed by atoms with Gasteiger partial charge in [0.25, 0.3) is 0 Å². The number of aromatic nitrogens is 1. The van der Waals surface area contributed by atoms with E-state index in [1.54, 1.807) is 11.3 Å². The summed E-state index contributed by atoms with van der Waals surface area (Å²) >= 11 is 1.71. The van der Waals surface area contributed by atoms with E-state index >= 15 is 0 Å². The zero-order valence-corrected chi connectivity index (χ0v) is 11.9. The van der Waals surface area contributed by atoms with E-state index < -0.39 is 0 Å². The minimum absolute atomic E-state index is 0.326. The molecule has 4 heteroatoms. The van der Waals surface area contributed by atoms with Crippen molar-refractivity contribution < 1.29 is 0 Å². The van der Waals surface area contributed by atoms with Gasteiger partial charge in [-0.3, -0.25) is 11.3 Å². The van der Waals surface area contributed by atoms with Crippen LogP contribution in [-0.2, 0) is 6.42 Å². The second kappa shape index (κ2) is 5.41. The summed E-state index contributed by atoms with van der Waals surface area (Å²) in [4.78, 5) is 4.53. The van der Waals surface area contributed by atoms with Crippen molar-refractivity contribution in [3.63, 3.8) is 0 Å². The Hall–Kier alpha value is -1.23. The Morgan fingerprint density at radius 1 is 1.42 bits per heavy atom. The van der Waals surface area contributed by atoms with Crippen LogP contribution in [-0.4, -0.2) is 11.0 Å². The highest BCUT2D eigenvalue weighted by molar-refractivity contribution is 7.09. The molecule has 3 nitrogen and oxygen atoms in total. The maximum Gasteiger partial charge on any atom is 0.0897 e. The van der Waals surface area contributed by atoms with E-state index in [-0.39, 0.29) is 0 Å². The highest BCUT2D eigenvalue weighted by atomic mass is 32.1. The molecule has 1 aliphatic carbocycles. The molecule has 0 saturated heterocycles. The maximum absolute atomic E-state index is 5.73. The zero-order chi connectivity index (χ0) is 13.2. The molecule has 0 radical (unpaired) electrons. The van der Waals surface area contributed by atoms with E-state index in [4.69, 9.17) is 5.84 Å². The third-order valence-corrected chi connectivity index (χ3v) is 4.72. The number of hydrogen-bond acceptors (Lipinski definition) is 4. The fourth-order valence-electron chi connectivity index (χ4n) is 2.80. The van der Waals surface area contributed by atoms with Gasteiger partial charge >= 0.3 is 0 Å². The molecule has 0 aliphatic heterocycles. The summed E-state index contributed by atoms with van der Waals surface area (Å²) in [7, 11) is 0. The third kappa shape index (κ3) is 2.86. The van der Waals surface area contributed by atoms with Crippen LogP contribution in [0.2, 0.25) is 0 Å². The largest absolute Gasteiger partial charge is 0.271 e. The molecule has 1 heterocycles. The fourth-order valence-corrected chi connectivity index (χ4v) is 3.43. The Labute approximate surface area is 117 Å². The minimum Gasteiger partial charge on any atom is -0.271 e. The first-order chi connectivity index (χ1) is 9.28. The molecule has 1 aliphatic rings. The summed E-state index contributed by atoms with van der Waals surface area (Å²) in [6.07, 6.45) is 2.15. The average molecular weight is 273 g/mol. The summed E-state index contributed by atoms with van der Waals surface area (Å²) in [6.45, 7) is 2.04. The highest BCUT2D eigenvalue weighted by Crippen LogP contribution is 2.49. The zero-order valence-electron chi connectivity index (χ0n) is 11.0. The highest BCUT2D eigenvalue weighted by Gasteiger charge is 2.43. The summed E-state index contributed by atoms with van der Waals surface area (Å²) in [5, 5.41) is 3.26. The van der Waals surface area contributed by atoms with Crippen LogP contribution in [0.25, 0.3) is 0 Å². The van der Waals surface area contributed by atoms with Crippen LogP contribution in [0.1, 0.15) is 28.6 Å². The van der Waals surface area contributed by atoms with Gasteiger partial charge in [-0.25, -0.2) is 4.98 Å². The van der Waals surface area contributed by atoms with E-state index in [0.29, 0.717) is 17.9 Å². The SMILES string of the molecule is Cc1nc(CC(NN)C2CC2c2ccccc2)cs1. The smallest absolute Gasteiger partial charge is 0.0897 e. The summed E-state index contributed by atoms with van der Waals surface area (Å²) in [6, 6.07) is 11.0. The summed E-state index contributed by atoms with van der Waals surface area (Å²) in [5.41, 5.74) is 5.58. The van der Waals surface area contributed by atoms with Crippen molar-refractivity contribution in [2.24, 2.45) is 11.8 Å². The van der Waals surface area contributed by atoms with Crippen LogP contribution < -0.4 is 11.3 Å². The molecule has 2 aromatic rings. The number of hydrogen-bond donors (Lipinski definition) is 2. The first-order valence-corrected chi connectivity index (χ1v) is 7.58. The Morgan fingerprint density at radius 2 is 2.21 bits per heavy atom. The number of rotatable bonds is 5. The van der Waals surface area contributed by atoms with Gasteiger partial charge in [0.1, 0.15) is 0 Å². The molecule has 100 valence electrons. The van der Waals surface area contributed by atoms with Crippen LogP contribution in [0.4, 0.5) is 0 Å². The Balaban J connectivity index is 1.65. The van der Waals surface area contributed by atoms with Crippen LogP contribution in [0.3, 0.4) is 0 Å². The van der Waals surface area contributed by atoms with Crippen molar-refractivity contribution in [1.29, 1.82) is 0 Å². The Kier molecular flexibility index (Phi) is 3.64. The van der Waals surface area contributed by atoms with Gasteiger partial charge in [-0.2, -0.15) is 0 Å². The monoisotopic (exact) mass is 273 g/mol. The molecule has 0 spiro atoms. The molecular formula is C15H19N3S. The third-order valence-electron chi connectivity index (χ3n) is 3.89. The van der Waals surface area contributed by atoms with Gasteiger partial charge in [0.05, 0.1) is 10.7 Å². The molecule has 1 fully saturated rings. The van der Waals surface area contributed by atoms with Crippen molar-refractivity contribution in [2.75, 3.05) is 0 Å². The lowest BCUT2D eigenvalue weighted by Crippen LogP contribution is -2.39. The van der Waals surface area contributed by atoms with Crippen molar-refractivity contribution in [3.8, 4) is 0 Å². The topological polar surface area (TPSA) is 50.9 Å². The lowest BCUT2D eigenvalue weighted by atomic mass is 10.0. The minimum atomic E-state index is 0.326. The quantitative estimate of drug-likeness (QED) is 0.650. The number of nitrogens with one attached hydrogen (secondary N) is 1. The van der Waals surface area contributed by atoms with Gasteiger partial charge < -0.3 is 0 Å². The molecule has 3 atom stereocenters. The number of nitrogens with zero attached hydrogens (tertiary/aromatic N) is 1. The van der Waals surface area contributed by atoms with Gasteiger partial charge in [0, 0.05) is 17.8 Å². The number of hydrazine groups is 1. The van der Waals surface area contributed by atoms with Gasteiger partial charge in [-0.05, 0) is 30.7 Å². The normalized spacial score (nSPS) is 23.3. The van der Waals surface area contributed by atoms with Gasteiger partial charge in [-0.1, -0.05) is 30.3 Å². The average Bonchev–Trinajstić information content (AvgIpc) is 3.13. The maximum atomic E-state index is 5.73. The van der Waals surface area contributed by atoms with E-state index in [1.165, 1.54) is 12.0 Å².